The normalized spacial score (nSPS) is 11.7. The van der Waals surface area contributed by atoms with Crippen LogP contribution in [0.3, 0.4) is 0 Å². The smallest absolute Gasteiger partial charge is 0.231 e. The number of thioether (sulfide) groups is 1. The largest absolute Gasteiger partial charge is 0.497 e. The van der Waals surface area contributed by atoms with Crippen LogP contribution in [-0.2, 0) is 4.79 Å². The Morgan fingerprint density at radius 3 is 2.32 bits per heavy atom. The minimum atomic E-state index is -0.674. The van der Waals surface area contributed by atoms with Crippen LogP contribution in [0.2, 0.25) is 0 Å². The molecule has 0 heterocycles. The highest BCUT2D eigenvalue weighted by atomic mass is 32.2. The quantitative estimate of drug-likeness (QED) is 0.570. The van der Waals surface area contributed by atoms with Crippen LogP contribution in [0.15, 0.2) is 77.7 Å². The Bertz CT molecular complexity index is 933. The van der Waals surface area contributed by atoms with Gasteiger partial charge in [-0.3, -0.25) is 4.79 Å². The Morgan fingerprint density at radius 2 is 1.68 bits per heavy atom. The van der Waals surface area contributed by atoms with Gasteiger partial charge in [0.05, 0.1) is 18.9 Å². The molecule has 0 aliphatic rings. The fourth-order valence-electron chi connectivity index (χ4n) is 2.74. The van der Waals surface area contributed by atoms with E-state index in [4.69, 9.17) is 4.74 Å². The number of ether oxygens (including phenoxy) is 1. The number of rotatable bonds is 7. The molecule has 0 aromatic heterocycles. The van der Waals surface area contributed by atoms with Crippen LogP contribution in [0.5, 0.6) is 5.75 Å². The first-order valence-electron chi connectivity index (χ1n) is 8.63. The van der Waals surface area contributed by atoms with Crippen molar-refractivity contribution in [3.63, 3.8) is 0 Å². The highest BCUT2D eigenvalue weighted by molar-refractivity contribution is 8.00. The monoisotopic (exact) mass is 399 g/mol. The Hall–Kier alpha value is -2.86. The third kappa shape index (κ3) is 5.10. The average Bonchev–Trinajstić information content (AvgIpc) is 2.72. The number of hydrogen-bond acceptors (Lipinski definition) is 3. The summed E-state index contributed by atoms with van der Waals surface area (Å²) in [7, 11) is 1.59. The van der Waals surface area contributed by atoms with Crippen LogP contribution < -0.4 is 10.1 Å². The van der Waals surface area contributed by atoms with Crippen LogP contribution in [0.1, 0.15) is 17.2 Å². The first-order chi connectivity index (χ1) is 13.6. The van der Waals surface area contributed by atoms with E-state index >= 15 is 0 Å². The molecule has 0 aliphatic carbocycles. The number of carbonyl (C=O) groups excluding carboxylic acids is 1. The van der Waals surface area contributed by atoms with Crippen LogP contribution in [-0.4, -0.2) is 18.8 Å². The predicted octanol–water partition coefficient (Wildman–Crippen LogP) is 4.97. The number of hydrogen-bond donors (Lipinski definition) is 1. The molecule has 1 amide bonds. The molecule has 28 heavy (non-hydrogen) atoms. The molecule has 144 valence electrons. The fourth-order valence-corrected chi connectivity index (χ4v) is 3.47. The lowest BCUT2D eigenvalue weighted by atomic mass is 9.98. The molecule has 0 saturated carbocycles. The third-order valence-corrected chi connectivity index (χ3v) is 5.19. The Kier molecular flexibility index (Phi) is 6.66. The molecule has 0 aliphatic heterocycles. The van der Waals surface area contributed by atoms with Crippen molar-refractivity contribution >= 4 is 17.7 Å². The predicted molar refractivity (Wildman–Crippen MR) is 107 cm³/mol. The summed E-state index contributed by atoms with van der Waals surface area (Å²) in [5.41, 5.74) is 1.83. The van der Waals surface area contributed by atoms with Crippen LogP contribution in [0.4, 0.5) is 8.78 Å². The van der Waals surface area contributed by atoms with Crippen molar-refractivity contribution in [1.29, 1.82) is 0 Å². The molecule has 0 spiro atoms. The van der Waals surface area contributed by atoms with Crippen molar-refractivity contribution < 1.29 is 18.3 Å². The highest BCUT2D eigenvalue weighted by Crippen LogP contribution is 2.26. The van der Waals surface area contributed by atoms with E-state index in [0.717, 1.165) is 34.7 Å². The lowest BCUT2D eigenvalue weighted by Gasteiger charge is -2.20. The molecule has 3 aromatic rings. The number of amides is 1. The summed E-state index contributed by atoms with van der Waals surface area (Å²) in [6.45, 7) is 0. The van der Waals surface area contributed by atoms with Crippen LogP contribution >= 0.6 is 11.8 Å². The third-order valence-electron chi connectivity index (χ3n) is 4.14. The molecule has 1 N–H and O–H groups in total. The van der Waals surface area contributed by atoms with E-state index < -0.39 is 11.6 Å². The summed E-state index contributed by atoms with van der Waals surface area (Å²) in [6, 6.07) is 20.0. The van der Waals surface area contributed by atoms with Gasteiger partial charge in [0.25, 0.3) is 0 Å². The van der Waals surface area contributed by atoms with Gasteiger partial charge < -0.3 is 10.1 Å². The number of halogens is 2. The van der Waals surface area contributed by atoms with E-state index in [2.05, 4.69) is 5.32 Å². The van der Waals surface area contributed by atoms with Gasteiger partial charge in [-0.25, -0.2) is 8.78 Å². The van der Waals surface area contributed by atoms with Crippen molar-refractivity contribution in [3.8, 4) is 5.75 Å². The lowest BCUT2D eigenvalue weighted by molar-refractivity contribution is -0.119. The Morgan fingerprint density at radius 1 is 1.00 bits per heavy atom. The minimum absolute atomic E-state index is 0.0159. The van der Waals surface area contributed by atoms with Gasteiger partial charge in [-0.15, -0.1) is 11.8 Å². The molecule has 0 radical (unpaired) electrons. The molecule has 0 fully saturated rings. The molecule has 0 bridgehead atoms. The van der Waals surface area contributed by atoms with Gasteiger partial charge in [0, 0.05) is 11.0 Å². The summed E-state index contributed by atoms with van der Waals surface area (Å²) in [4.78, 5) is 12.8. The van der Waals surface area contributed by atoms with Gasteiger partial charge in [0.2, 0.25) is 5.91 Å². The van der Waals surface area contributed by atoms with Crippen molar-refractivity contribution in [3.05, 3.63) is 95.6 Å². The lowest BCUT2D eigenvalue weighted by Crippen LogP contribution is -2.30. The summed E-state index contributed by atoms with van der Waals surface area (Å²) in [5, 5.41) is 2.99. The molecule has 1 atom stereocenters. The SMILES string of the molecule is COc1ccc([C@@H](NC(=O)CSc2ccc(F)cc2F)c2ccccc2)cc1. The van der Waals surface area contributed by atoms with Gasteiger partial charge in [-0.1, -0.05) is 42.5 Å². The molecule has 6 heteroatoms. The maximum Gasteiger partial charge on any atom is 0.231 e. The average molecular weight is 399 g/mol. The van der Waals surface area contributed by atoms with Crippen molar-refractivity contribution in [2.75, 3.05) is 12.9 Å². The van der Waals surface area contributed by atoms with Gasteiger partial charge in [-0.05, 0) is 35.4 Å². The Balaban J connectivity index is 1.74. The number of benzene rings is 3. The minimum Gasteiger partial charge on any atom is -0.497 e. The molecule has 3 nitrogen and oxygen atoms in total. The summed E-state index contributed by atoms with van der Waals surface area (Å²) >= 11 is 1.03. The van der Waals surface area contributed by atoms with Crippen molar-refractivity contribution in [2.24, 2.45) is 0 Å². The summed E-state index contributed by atoms with van der Waals surface area (Å²) in [6.07, 6.45) is 0. The Labute approximate surface area is 166 Å². The number of methoxy groups -OCH3 is 1. The zero-order valence-corrected chi connectivity index (χ0v) is 16.0. The van der Waals surface area contributed by atoms with E-state index in [0.29, 0.717) is 0 Å². The van der Waals surface area contributed by atoms with E-state index in [1.807, 2.05) is 54.6 Å². The van der Waals surface area contributed by atoms with Gasteiger partial charge in [0.15, 0.2) is 0 Å². The van der Waals surface area contributed by atoms with Crippen molar-refractivity contribution in [1.82, 2.24) is 5.32 Å². The van der Waals surface area contributed by atoms with E-state index in [9.17, 15) is 13.6 Å². The molecule has 3 aromatic carbocycles. The zero-order chi connectivity index (χ0) is 19.9. The maximum absolute atomic E-state index is 13.8. The number of nitrogens with one attached hydrogen (secondary N) is 1. The zero-order valence-electron chi connectivity index (χ0n) is 15.2. The molecular weight excluding hydrogens is 380 g/mol. The first-order valence-corrected chi connectivity index (χ1v) is 9.61. The first kappa shape index (κ1) is 19.9. The topological polar surface area (TPSA) is 38.3 Å². The standard InChI is InChI=1S/C22H19F2NO2S/c1-27-18-10-7-16(8-11-18)22(15-5-3-2-4-6-15)25-21(26)14-28-20-12-9-17(23)13-19(20)24/h2-13,22H,14H2,1H3,(H,25,26)/t22-/m0/s1. The second kappa shape index (κ2) is 9.37. The van der Waals surface area contributed by atoms with Crippen LogP contribution in [0, 0.1) is 11.6 Å². The highest BCUT2D eigenvalue weighted by Gasteiger charge is 2.17. The van der Waals surface area contributed by atoms with E-state index in [1.54, 1.807) is 7.11 Å². The van der Waals surface area contributed by atoms with Gasteiger partial charge >= 0.3 is 0 Å². The summed E-state index contributed by atoms with van der Waals surface area (Å²) < 4.78 is 32.0. The summed E-state index contributed by atoms with van der Waals surface area (Å²) in [5.74, 6) is -0.827. The van der Waals surface area contributed by atoms with Gasteiger partial charge in [-0.2, -0.15) is 0 Å². The molecule has 0 unspecified atom stereocenters. The second-order valence-electron chi connectivity index (χ2n) is 6.05. The second-order valence-corrected chi connectivity index (χ2v) is 7.06. The molecule has 3 rings (SSSR count). The van der Waals surface area contributed by atoms with Crippen LogP contribution in [0.25, 0.3) is 0 Å². The molecule has 0 saturated heterocycles. The maximum atomic E-state index is 13.8. The van der Waals surface area contributed by atoms with Crippen molar-refractivity contribution in [2.45, 2.75) is 10.9 Å². The van der Waals surface area contributed by atoms with Gasteiger partial charge in [0.1, 0.15) is 17.4 Å². The molecular formula is C22H19F2NO2S. The van der Waals surface area contributed by atoms with E-state index in [-0.39, 0.29) is 22.6 Å². The number of carbonyl (C=O) groups is 1. The fraction of sp³-hybridized carbons (Fsp3) is 0.136. The van der Waals surface area contributed by atoms with E-state index in [1.165, 1.54) is 12.1 Å².